The van der Waals surface area contributed by atoms with Gasteiger partial charge in [-0.3, -0.25) is 0 Å². The molecular formula is C12H17NO3S. The number of thioether (sulfide) groups is 1. The molecular weight excluding hydrogens is 238 g/mol. The fourth-order valence-electron chi connectivity index (χ4n) is 1.87. The highest BCUT2D eigenvalue weighted by molar-refractivity contribution is 7.99. The molecule has 0 aromatic carbocycles. The topological polar surface area (TPSA) is 42.7 Å². The van der Waals surface area contributed by atoms with Crippen LogP contribution in [0.2, 0.25) is 0 Å². The summed E-state index contributed by atoms with van der Waals surface area (Å²) in [6.07, 6.45) is 2.41. The molecule has 0 saturated carbocycles. The summed E-state index contributed by atoms with van der Waals surface area (Å²) in [5, 5.41) is 0.351. The maximum Gasteiger partial charge on any atom is 0.409 e. The number of amides is 1. The number of nitrogens with zero attached hydrogens (tertiary/aromatic N) is 1. The first-order valence-electron chi connectivity index (χ1n) is 5.88. The molecule has 2 rings (SSSR count). The minimum absolute atomic E-state index is 0.201. The highest BCUT2D eigenvalue weighted by Gasteiger charge is 2.23. The zero-order valence-corrected chi connectivity index (χ0v) is 10.7. The second kappa shape index (κ2) is 6.00. The van der Waals surface area contributed by atoms with E-state index in [0.29, 0.717) is 11.9 Å². The lowest BCUT2D eigenvalue weighted by atomic mass is 10.2. The standard InChI is InChI=1S/C12H17NO3S/c1-2-15-12(14)13-6-5-11(17-9-7-13)10-4-3-8-16-10/h3-4,8,11H,2,5-7,9H2,1H3/t11-/m0/s1. The molecule has 0 spiro atoms. The summed E-state index contributed by atoms with van der Waals surface area (Å²) >= 11 is 1.84. The van der Waals surface area contributed by atoms with Crippen molar-refractivity contribution in [3.8, 4) is 0 Å². The minimum Gasteiger partial charge on any atom is -0.468 e. The van der Waals surface area contributed by atoms with Crippen LogP contribution in [0, 0.1) is 0 Å². The van der Waals surface area contributed by atoms with Gasteiger partial charge < -0.3 is 14.1 Å². The van der Waals surface area contributed by atoms with Crippen molar-refractivity contribution in [1.29, 1.82) is 0 Å². The monoisotopic (exact) mass is 255 g/mol. The third-order valence-corrected chi connectivity index (χ3v) is 4.02. The van der Waals surface area contributed by atoms with Gasteiger partial charge in [-0.25, -0.2) is 4.79 Å². The number of carbonyl (C=O) groups excluding carboxylic acids is 1. The van der Waals surface area contributed by atoms with Crippen LogP contribution in [0.1, 0.15) is 24.4 Å². The Morgan fingerprint density at radius 3 is 3.24 bits per heavy atom. The molecule has 1 aromatic heterocycles. The molecule has 1 aliphatic rings. The lowest BCUT2D eigenvalue weighted by Crippen LogP contribution is -2.33. The third kappa shape index (κ3) is 3.19. The molecule has 2 heterocycles. The molecule has 1 aliphatic heterocycles. The highest BCUT2D eigenvalue weighted by atomic mass is 32.2. The second-order valence-corrected chi connectivity index (χ2v) is 5.16. The molecule has 17 heavy (non-hydrogen) atoms. The number of hydrogen-bond donors (Lipinski definition) is 0. The van der Waals surface area contributed by atoms with E-state index in [1.165, 1.54) is 0 Å². The van der Waals surface area contributed by atoms with Gasteiger partial charge in [0.2, 0.25) is 0 Å². The van der Waals surface area contributed by atoms with E-state index in [4.69, 9.17) is 9.15 Å². The summed E-state index contributed by atoms with van der Waals surface area (Å²) in [7, 11) is 0. The lowest BCUT2D eigenvalue weighted by Gasteiger charge is -2.18. The quantitative estimate of drug-likeness (QED) is 0.815. The van der Waals surface area contributed by atoms with Crippen molar-refractivity contribution < 1.29 is 13.9 Å². The first-order chi connectivity index (χ1) is 8.31. The van der Waals surface area contributed by atoms with Crippen LogP contribution in [0.3, 0.4) is 0 Å². The average molecular weight is 255 g/mol. The van der Waals surface area contributed by atoms with Gasteiger partial charge in [0.05, 0.1) is 18.1 Å². The smallest absolute Gasteiger partial charge is 0.409 e. The van der Waals surface area contributed by atoms with Gasteiger partial charge in [0, 0.05) is 18.8 Å². The average Bonchev–Trinajstić information content (AvgIpc) is 2.74. The van der Waals surface area contributed by atoms with Gasteiger partial charge in [0.25, 0.3) is 0 Å². The molecule has 1 amide bonds. The SMILES string of the molecule is CCOC(=O)N1CCS[C@H](c2ccco2)CC1. The van der Waals surface area contributed by atoms with Crippen LogP contribution in [0.15, 0.2) is 22.8 Å². The normalized spacial score (nSPS) is 21.0. The summed E-state index contributed by atoms with van der Waals surface area (Å²) in [6, 6.07) is 3.90. The van der Waals surface area contributed by atoms with Crippen LogP contribution in [-0.2, 0) is 4.74 Å². The zero-order chi connectivity index (χ0) is 12.1. The van der Waals surface area contributed by atoms with Gasteiger partial charge in [-0.1, -0.05) is 0 Å². The van der Waals surface area contributed by atoms with E-state index in [0.717, 1.165) is 31.0 Å². The van der Waals surface area contributed by atoms with Gasteiger partial charge in [-0.15, -0.1) is 11.8 Å². The van der Waals surface area contributed by atoms with Crippen LogP contribution in [-0.4, -0.2) is 36.4 Å². The van der Waals surface area contributed by atoms with Crippen molar-refractivity contribution in [2.45, 2.75) is 18.6 Å². The van der Waals surface area contributed by atoms with Crippen LogP contribution < -0.4 is 0 Å². The lowest BCUT2D eigenvalue weighted by molar-refractivity contribution is 0.109. The van der Waals surface area contributed by atoms with Crippen LogP contribution in [0.5, 0.6) is 0 Å². The van der Waals surface area contributed by atoms with E-state index in [2.05, 4.69) is 0 Å². The molecule has 94 valence electrons. The minimum atomic E-state index is -0.201. The number of ether oxygens (including phenoxy) is 1. The molecule has 5 heteroatoms. The van der Waals surface area contributed by atoms with E-state index in [-0.39, 0.29) is 6.09 Å². The Balaban J connectivity index is 1.91. The maximum absolute atomic E-state index is 11.6. The van der Waals surface area contributed by atoms with Crippen molar-refractivity contribution in [2.24, 2.45) is 0 Å². The Labute approximate surface area is 105 Å². The Morgan fingerprint density at radius 1 is 1.65 bits per heavy atom. The van der Waals surface area contributed by atoms with Crippen LogP contribution in [0.25, 0.3) is 0 Å². The molecule has 0 aliphatic carbocycles. The summed E-state index contributed by atoms with van der Waals surface area (Å²) in [5.41, 5.74) is 0. The molecule has 1 atom stereocenters. The molecule has 0 N–H and O–H groups in total. The van der Waals surface area contributed by atoms with E-state index in [1.54, 1.807) is 11.2 Å². The maximum atomic E-state index is 11.6. The van der Waals surface area contributed by atoms with Crippen molar-refractivity contribution >= 4 is 17.9 Å². The van der Waals surface area contributed by atoms with E-state index >= 15 is 0 Å². The van der Waals surface area contributed by atoms with Gasteiger partial charge in [-0.05, 0) is 25.5 Å². The Morgan fingerprint density at radius 2 is 2.53 bits per heavy atom. The Bertz CT molecular complexity index is 353. The van der Waals surface area contributed by atoms with Crippen molar-refractivity contribution in [3.05, 3.63) is 24.2 Å². The molecule has 1 fully saturated rings. The Hall–Kier alpha value is -1.10. The third-order valence-electron chi connectivity index (χ3n) is 2.73. The van der Waals surface area contributed by atoms with Crippen LogP contribution in [0.4, 0.5) is 4.79 Å². The second-order valence-electron chi connectivity index (χ2n) is 3.85. The summed E-state index contributed by atoms with van der Waals surface area (Å²) in [5.74, 6) is 1.92. The fraction of sp³-hybridized carbons (Fsp3) is 0.583. The predicted octanol–water partition coefficient (Wildman–Crippen LogP) is 2.92. The molecule has 0 radical (unpaired) electrons. The summed E-state index contributed by atoms with van der Waals surface area (Å²) in [6.45, 7) is 3.75. The first kappa shape index (κ1) is 12.4. The first-order valence-corrected chi connectivity index (χ1v) is 6.93. The molecule has 1 aromatic rings. The molecule has 0 unspecified atom stereocenters. The predicted molar refractivity (Wildman–Crippen MR) is 67.1 cm³/mol. The highest BCUT2D eigenvalue weighted by Crippen LogP contribution is 2.34. The summed E-state index contributed by atoms with van der Waals surface area (Å²) in [4.78, 5) is 13.4. The van der Waals surface area contributed by atoms with Crippen molar-refractivity contribution in [1.82, 2.24) is 4.90 Å². The Kier molecular flexibility index (Phi) is 4.36. The largest absolute Gasteiger partial charge is 0.468 e. The zero-order valence-electron chi connectivity index (χ0n) is 9.93. The molecule has 0 bridgehead atoms. The van der Waals surface area contributed by atoms with Gasteiger partial charge in [-0.2, -0.15) is 0 Å². The van der Waals surface area contributed by atoms with Crippen molar-refractivity contribution in [2.75, 3.05) is 25.4 Å². The molecule has 1 saturated heterocycles. The number of rotatable bonds is 2. The fourth-order valence-corrected chi connectivity index (χ4v) is 3.05. The van der Waals surface area contributed by atoms with Crippen LogP contribution >= 0.6 is 11.8 Å². The number of hydrogen-bond acceptors (Lipinski definition) is 4. The van der Waals surface area contributed by atoms with Crippen molar-refractivity contribution in [3.63, 3.8) is 0 Å². The van der Waals surface area contributed by atoms with Gasteiger partial charge >= 0.3 is 6.09 Å². The molecule has 4 nitrogen and oxygen atoms in total. The van der Waals surface area contributed by atoms with E-state index in [9.17, 15) is 4.79 Å². The number of carbonyl (C=O) groups is 1. The van der Waals surface area contributed by atoms with E-state index < -0.39 is 0 Å². The van der Waals surface area contributed by atoms with Gasteiger partial charge in [0.1, 0.15) is 5.76 Å². The van der Waals surface area contributed by atoms with Gasteiger partial charge in [0.15, 0.2) is 0 Å². The summed E-state index contributed by atoms with van der Waals surface area (Å²) < 4.78 is 10.4. The van der Waals surface area contributed by atoms with E-state index in [1.807, 2.05) is 30.8 Å². The number of furan rings is 1.